The van der Waals surface area contributed by atoms with E-state index in [4.69, 9.17) is 5.73 Å². The van der Waals surface area contributed by atoms with Crippen LogP contribution >= 0.6 is 11.8 Å². The van der Waals surface area contributed by atoms with Gasteiger partial charge < -0.3 is 10.6 Å². The van der Waals surface area contributed by atoms with Crippen LogP contribution in [0.5, 0.6) is 0 Å². The van der Waals surface area contributed by atoms with Crippen molar-refractivity contribution in [3.05, 3.63) is 0 Å². The van der Waals surface area contributed by atoms with Gasteiger partial charge in [-0.15, -0.1) is 10.2 Å². The predicted octanol–water partition coefficient (Wildman–Crippen LogP) is 0.601. The lowest BCUT2D eigenvalue weighted by molar-refractivity contribution is -0.119. The molecule has 9 heteroatoms. The summed E-state index contributed by atoms with van der Waals surface area (Å²) in [5.74, 6) is 0.261. The van der Waals surface area contributed by atoms with Gasteiger partial charge in [0.25, 0.3) is 0 Å². The van der Waals surface area contributed by atoms with Gasteiger partial charge in [0.2, 0.25) is 11.9 Å². The Bertz CT molecular complexity index is 499. The number of nitrogens with one attached hydrogen (secondary N) is 1. The molecular formula is C11H20N6O2S. The maximum Gasteiger partial charge on any atom is 0.318 e. The molecule has 1 rings (SSSR count). The van der Waals surface area contributed by atoms with Gasteiger partial charge in [-0.1, -0.05) is 11.8 Å². The van der Waals surface area contributed by atoms with Gasteiger partial charge >= 0.3 is 6.03 Å². The van der Waals surface area contributed by atoms with Crippen molar-refractivity contribution in [1.82, 2.24) is 20.1 Å². The average molecular weight is 300 g/mol. The van der Waals surface area contributed by atoms with Crippen molar-refractivity contribution < 1.29 is 9.59 Å². The second-order valence-corrected chi connectivity index (χ2v) is 6.06. The molecule has 1 aromatic rings. The van der Waals surface area contributed by atoms with Crippen LogP contribution in [0.2, 0.25) is 0 Å². The molecule has 1 atom stereocenters. The first-order chi connectivity index (χ1) is 9.23. The molecule has 0 saturated heterocycles. The quantitative estimate of drug-likeness (QED) is 0.771. The zero-order chi connectivity index (χ0) is 15.4. The van der Waals surface area contributed by atoms with E-state index in [9.17, 15) is 9.59 Å². The van der Waals surface area contributed by atoms with Crippen molar-refractivity contribution in [2.45, 2.75) is 37.2 Å². The van der Waals surface area contributed by atoms with E-state index in [1.807, 2.05) is 37.4 Å². The molecule has 0 spiro atoms. The number of primary amides is 1. The van der Waals surface area contributed by atoms with Gasteiger partial charge in [0.05, 0.1) is 5.25 Å². The molecule has 0 aliphatic rings. The first-order valence-electron chi connectivity index (χ1n) is 6.13. The smallest absolute Gasteiger partial charge is 0.318 e. The normalized spacial score (nSPS) is 12.3. The first-order valence-corrected chi connectivity index (χ1v) is 7.01. The van der Waals surface area contributed by atoms with Gasteiger partial charge in [-0.3, -0.25) is 14.7 Å². The monoisotopic (exact) mass is 300 g/mol. The fourth-order valence-corrected chi connectivity index (χ4v) is 2.52. The fourth-order valence-electron chi connectivity index (χ4n) is 1.54. The van der Waals surface area contributed by atoms with E-state index >= 15 is 0 Å². The molecular weight excluding hydrogens is 280 g/mol. The van der Waals surface area contributed by atoms with Crippen LogP contribution in [0.15, 0.2) is 5.16 Å². The van der Waals surface area contributed by atoms with E-state index in [0.717, 1.165) is 0 Å². The highest BCUT2D eigenvalue weighted by atomic mass is 32.2. The second kappa shape index (κ2) is 6.60. The Morgan fingerprint density at radius 1 is 1.30 bits per heavy atom. The van der Waals surface area contributed by atoms with E-state index in [-0.39, 0.29) is 6.04 Å². The van der Waals surface area contributed by atoms with Crippen molar-refractivity contribution >= 4 is 29.6 Å². The molecule has 0 saturated carbocycles. The minimum Gasteiger partial charge on any atom is -0.351 e. The molecule has 0 aromatic carbocycles. The van der Waals surface area contributed by atoms with Gasteiger partial charge in [0.15, 0.2) is 5.16 Å². The zero-order valence-corrected chi connectivity index (χ0v) is 13.1. The summed E-state index contributed by atoms with van der Waals surface area (Å²) in [7, 11) is 3.75. The van der Waals surface area contributed by atoms with E-state index < -0.39 is 17.2 Å². The summed E-state index contributed by atoms with van der Waals surface area (Å²) >= 11 is 1.23. The van der Waals surface area contributed by atoms with Gasteiger partial charge in [-0.25, -0.2) is 4.79 Å². The third kappa shape index (κ3) is 3.86. The molecule has 0 aliphatic carbocycles. The minimum absolute atomic E-state index is 0.149. The highest BCUT2D eigenvalue weighted by molar-refractivity contribution is 8.00. The third-order valence-electron chi connectivity index (χ3n) is 2.46. The van der Waals surface area contributed by atoms with E-state index in [0.29, 0.717) is 11.1 Å². The average Bonchev–Trinajstić information content (AvgIpc) is 2.71. The molecule has 0 aliphatic heterocycles. The van der Waals surface area contributed by atoms with Crippen LogP contribution in [0, 0.1) is 0 Å². The Kier molecular flexibility index (Phi) is 5.37. The molecule has 0 radical (unpaired) electrons. The Balaban J connectivity index is 2.92. The largest absolute Gasteiger partial charge is 0.351 e. The number of nitrogens with zero attached hydrogens (tertiary/aromatic N) is 4. The fraction of sp³-hybridized carbons (Fsp3) is 0.636. The molecule has 112 valence electrons. The van der Waals surface area contributed by atoms with Crippen LogP contribution in [0.4, 0.5) is 10.7 Å². The van der Waals surface area contributed by atoms with Crippen molar-refractivity contribution in [2.75, 3.05) is 19.0 Å². The number of anilines is 1. The van der Waals surface area contributed by atoms with Crippen LogP contribution in [0.3, 0.4) is 0 Å². The van der Waals surface area contributed by atoms with E-state index in [2.05, 4.69) is 15.5 Å². The topological polar surface area (TPSA) is 106 Å². The number of hydrogen-bond acceptors (Lipinski definition) is 6. The van der Waals surface area contributed by atoms with Crippen molar-refractivity contribution in [2.24, 2.45) is 5.73 Å². The number of aromatic nitrogens is 3. The molecule has 1 heterocycles. The number of carbonyl (C=O) groups excluding carboxylic acids is 2. The highest BCUT2D eigenvalue weighted by Crippen LogP contribution is 2.28. The Labute approximate surface area is 122 Å². The standard InChI is InChI=1S/C11H20N6O2S/c1-6(2)17-10(16(4)5)14-15-11(17)20-7(3)8(18)13-9(12)19/h6-7H,1-5H3,(H3,12,13,18,19)/t7-/m1/s1. The molecule has 3 amide bonds. The summed E-state index contributed by atoms with van der Waals surface area (Å²) in [5.41, 5.74) is 4.93. The number of urea groups is 1. The van der Waals surface area contributed by atoms with E-state index in [1.54, 1.807) is 6.92 Å². The molecule has 0 bridgehead atoms. The molecule has 0 fully saturated rings. The minimum atomic E-state index is -0.859. The Morgan fingerprint density at radius 2 is 1.90 bits per heavy atom. The predicted molar refractivity (Wildman–Crippen MR) is 77.8 cm³/mol. The lowest BCUT2D eigenvalue weighted by Crippen LogP contribution is -2.39. The maximum absolute atomic E-state index is 11.7. The number of hydrogen-bond donors (Lipinski definition) is 2. The van der Waals surface area contributed by atoms with Crippen LogP contribution in [0.25, 0.3) is 0 Å². The molecule has 20 heavy (non-hydrogen) atoms. The third-order valence-corrected chi connectivity index (χ3v) is 3.52. The number of rotatable bonds is 5. The number of carbonyl (C=O) groups is 2. The number of imide groups is 1. The summed E-state index contributed by atoms with van der Waals surface area (Å²) in [6.07, 6.45) is 0. The summed E-state index contributed by atoms with van der Waals surface area (Å²) in [6, 6.07) is -0.710. The molecule has 8 nitrogen and oxygen atoms in total. The Hall–Kier alpha value is -1.77. The second-order valence-electron chi connectivity index (χ2n) is 4.75. The van der Waals surface area contributed by atoms with E-state index in [1.165, 1.54) is 11.8 Å². The summed E-state index contributed by atoms with van der Waals surface area (Å²) in [5, 5.41) is 10.4. The van der Waals surface area contributed by atoms with Crippen molar-refractivity contribution in [3.8, 4) is 0 Å². The number of thioether (sulfide) groups is 1. The maximum atomic E-state index is 11.7. The van der Waals surface area contributed by atoms with Gasteiger partial charge in [0.1, 0.15) is 0 Å². The van der Waals surface area contributed by atoms with Crippen molar-refractivity contribution in [1.29, 1.82) is 0 Å². The number of nitrogens with two attached hydrogens (primary N) is 1. The first kappa shape index (κ1) is 16.3. The van der Waals surface area contributed by atoms with Gasteiger partial charge in [-0.05, 0) is 20.8 Å². The zero-order valence-electron chi connectivity index (χ0n) is 12.2. The Morgan fingerprint density at radius 3 is 2.35 bits per heavy atom. The highest BCUT2D eigenvalue weighted by Gasteiger charge is 2.22. The molecule has 3 N–H and O–H groups in total. The SMILES string of the molecule is CC(C)n1c(S[C@H](C)C(=O)NC(N)=O)nnc1N(C)C. The lowest BCUT2D eigenvalue weighted by atomic mass is 10.4. The van der Waals surface area contributed by atoms with Crippen molar-refractivity contribution in [3.63, 3.8) is 0 Å². The van der Waals surface area contributed by atoms with Gasteiger partial charge in [-0.2, -0.15) is 0 Å². The van der Waals surface area contributed by atoms with Gasteiger partial charge in [0, 0.05) is 20.1 Å². The van der Waals surface area contributed by atoms with Crippen LogP contribution in [-0.4, -0.2) is 46.0 Å². The summed E-state index contributed by atoms with van der Waals surface area (Å²) in [4.78, 5) is 24.2. The lowest BCUT2D eigenvalue weighted by Gasteiger charge is -2.18. The summed E-state index contributed by atoms with van der Waals surface area (Å²) in [6.45, 7) is 5.70. The number of amides is 3. The molecule has 1 aromatic heterocycles. The van der Waals surface area contributed by atoms with Crippen LogP contribution in [0.1, 0.15) is 26.8 Å². The van der Waals surface area contributed by atoms with Crippen LogP contribution in [-0.2, 0) is 4.79 Å². The molecule has 0 unspecified atom stereocenters. The summed E-state index contributed by atoms with van der Waals surface area (Å²) < 4.78 is 1.93. The van der Waals surface area contributed by atoms with Crippen LogP contribution < -0.4 is 16.0 Å².